The van der Waals surface area contributed by atoms with Crippen molar-refractivity contribution in [1.29, 1.82) is 0 Å². The van der Waals surface area contributed by atoms with E-state index in [9.17, 15) is 4.79 Å². The summed E-state index contributed by atoms with van der Waals surface area (Å²) in [5.74, 6) is 2.52. The van der Waals surface area contributed by atoms with Crippen molar-refractivity contribution in [2.45, 2.75) is 12.8 Å². The van der Waals surface area contributed by atoms with Crippen LogP contribution in [-0.4, -0.2) is 42.4 Å². The van der Waals surface area contributed by atoms with Gasteiger partial charge in [0.25, 0.3) is 0 Å². The number of carbonyl (C=O) groups is 1. The Labute approximate surface area is 162 Å². The Bertz CT molecular complexity index is 955. The summed E-state index contributed by atoms with van der Waals surface area (Å²) in [6.45, 7) is 0. The molecule has 0 saturated heterocycles. The van der Waals surface area contributed by atoms with E-state index in [0.717, 1.165) is 11.1 Å². The van der Waals surface area contributed by atoms with Gasteiger partial charge in [-0.15, -0.1) is 5.10 Å². The van der Waals surface area contributed by atoms with Crippen LogP contribution < -0.4 is 19.5 Å². The van der Waals surface area contributed by atoms with Crippen molar-refractivity contribution in [2.24, 2.45) is 0 Å². The van der Waals surface area contributed by atoms with Crippen LogP contribution in [0.2, 0.25) is 0 Å². The zero-order valence-corrected chi connectivity index (χ0v) is 16.0. The van der Waals surface area contributed by atoms with Crippen molar-refractivity contribution in [3.8, 4) is 28.6 Å². The number of nitrogens with one attached hydrogen (secondary N) is 2. The van der Waals surface area contributed by atoms with Gasteiger partial charge in [-0.05, 0) is 36.2 Å². The fraction of sp³-hybridized carbons (Fsp3) is 0.250. The lowest BCUT2D eigenvalue weighted by Gasteiger charge is -2.09. The number of H-pyrrole nitrogens is 1. The standard InChI is InChI=1S/C20H22N4O4/c1-26-15-7-5-4-6-14(15)19-22-20(24-23-19)21-18(25)11-9-13-8-10-16(27-2)17(12-13)28-3/h4-8,10,12H,9,11H2,1-3H3,(H2,21,22,23,24,25). The van der Waals surface area contributed by atoms with E-state index in [-0.39, 0.29) is 18.3 Å². The number of anilines is 1. The van der Waals surface area contributed by atoms with E-state index in [1.165, 1.54) is 0 Å². The van der Waals surface area contributed by atoms with E-state index in [2.05, 4.69) is 20.5 Å². The van der Waals surface area contributed by atoms with Gasteiger partial charge in [-0.1, -0.05) is 18.2 Å². The first-order valence-corrected chi connectivity index (χ1v) is 8.71. The summed E-state index contributed by atoms with van der Waals surface area (Å²) in [4.78, 5) is 16.6. The van der Waals surface area contributed by atoms with Crippen molar-refractivity contribution >= 4 is 11.9 Å². The number of aryl methyl sites for hydroxylation is 1. The fourth-order valence-electron chi connectivity index (χ4n) is 2.76. The van der Waals surface area contributed by atoms with Gasteiger partial charge in [0.05, 0.1) is 26.9 Å². The van der Waals surface area contributed by atoms with E-state index in [1.54, 1.807) is 21.3 Å². The highest BCUT2D eigenvalue weighted by molar-refractivity contribution is 5.89. The normalized spacial score (nSPS) is 10.4. The molecule has 0 bridgehead atoms. The van der Waals surface area contributed by atoms with Gasteiger partial charge in [0.15, 0.2) is 17.3 Å². The summed E-state index contributed by atoms with van der Waals surface area (Å²) in [7, 11) is 4.75. The molecular formula is C20H22N4O4. The van der Waals surface area contributed by atoms with E-state index < -0.39 is 0 Å². The lowest BCUT2D eigenvalue weighted by molar-refractivity contribution is -0.116. The quantitative estimate of drug-likeness (QED) is 0.621. The molecule has 0 fully saturated rings. The summed E-state index contributed by atoms with van der Waals surface area (Å²) >= 11 is 0. The molecule has 1 heterocycles. The monoisotopic (exact) mass is 382 g/mol. The van der Waals surface area contributed by atoms with Crippen molar-refractivity contribution in [3.05, 3.63) is 48.0 Å². The minimum absolute atomic E-state index is 0.180. The summed E-state index contributed by atoms with van der Waals surface area (Å²) in [5.41, 5.74) is 1.74. The highest BCUT2D eigenvalue weighted by atomic mass is 16.5. The zero-order chi connectivity index (χ0) is 19.9. The maximum atomic E-state index is 12.2. The smallest absolute Gasteiger partial charge is 0.249 e. The molecule has 0 atom stereocenters. The van der Waals surface area contributed by atoms with Crippen molar-refractivity contribution in [2.75, 3.05) is 26.6 Å². The first kappa shape index (κ1) is 19.2. The minimum atomic E-state index is -0.180. The predicted molar refractivity (Wildman–Crippen MR) is 105 cm³/mol. The van der Waals surface area contributed by atoms with Crippen LogP contribution in [0.3, 0.4) is 0 Å². The third-order valence-electron chi connectivity index (χ3n) is 4.19. The molecule has 0 aliphatic heterocycles. The highest BCUT2D eigenvalue weighted by Crippen LogP contribution is 2.28. The molecule has 3 rings (SSSR count). The van der Waals surface area contributed by atoms with Crippen LogP contribution >= 0.6 is 0 Å². The molecule has 0 spiro atoms. The molecule has 8 heteroatoms. The van der Waals surface area contributed by atoms with Crippen LogP contribution in [0.15, 0.2) is 42.5 Å². The summed E-state index contributed by atoms with van der Waals surface area (Å²) in [5, 5.41) is 9.57. The molecule has 3 aromatic rings. The van der Waals surface area contributed by atoms with Crippen molar-refractivity contribution < 1.29 is 19.0 Å². The number of aromatic nitrogens is 3. The van der Waals surface area contributed by atoms with Crippen LogP contribution in [-0.2, 0) is 11.2 Å². The number of benzene rings is 2. The number of nitrogens with zero attached hydrogens (tertiary/aromatic N) is 2. The predicted octanol–water partition coefficient (Wildman–Crippen LogP) is 3.07. The molecule has 0 saturated carbocycles. The van der Waals surface area contributed by atoms with Crippen LogP contribution in [0, 0.1) is 0 Å². The summed E-state index contributed by atoms with van der Waals surface area (Å²) in [6, 6.07) is 13.0. The fourth-order valence-corrected chi connectivity index (χ4v) is 2.76. The molecular weight excluding hydrogens is 360 g/mol. The Hall–Kier alpha value is -3.55. The second-order valence-corrected chi connectivity index (χ2v) is 5.95. The van der Waals surface area contributed by atoms with E-state index in [0.29, 0.717) is 29.5 Å². The van der Waals surface area contributed by atoms with Gasteiger partial charge in [-0.3, -0.25) is 15.2 Å². The Morgan fingerprint density at radius 3 is 2.50 bits per heavy atom. The lowest BCUT2D eigenvalue weighted by atomic mass is 10.1. The minimum Gasteiger partial charge on any atom is -0.496 e. The maximum absolute atomic E-state index is 12.2. The van der Waals surface area contributed by atoms with Crippen LogP contribution in [0.25, 0.3) is 11.4 Å². The summed E-state index contributed by atoms with van der Waals surface area (Å²) < 4.78 is 15.8. The first-order chi connectivity index (χ1) is 13.6. The number of methoxy groups -OCH3 is 3. The van der Waals surface area contributed by atoms with E-state index >= 15 is 0 Å². The van der Waals surface area contributed by atoms with Gasteiger partial charge in [0.2, 0.25) is 11.9 Å². The van der Waals surface area contributed by atoms with Gasteiger partial charge in [0.1, 0.15) is 5.75 Å². The number of hydrogen-bond acceptors (Lipinski definition) is 6. The average molecular weight is 382 g/mol. The van der Waals surface area contributed by atoms with Gasteiger partial charge >= 0.3 is 0 Å². The number of carbonyl (C=O) groups excluding carboxylic acids is 1. The molecule has 0 unspecified atom stereocenters. The average Bonchev–Trinajstić information content (AvgIpc) is 3.20. The topological polar surface area (TPSA) is 98.4 Å². The number of amides is 1. The van der Waals surface area contributed by atoms with Gasteiger partial charge in [-0.25, -0.2) is 0 Å². The maximum Gasteiger partial charge on any atom is 0.249 e. The Kier molecular flexibility index (Phi) is 6.11. The third-order valence-corrected chi connectivity index (χ3v) is 4.19. The SMILES string of the molecule is COc1ccc(CCC(=O)Nc2n[nH]c(-c3ccccc3OC)n2)cc1OC. The van der Waals surface area contributed by atoms with Gasteiger partial charge < -0.3 is 14.2 Å². The van der Waals surface area contributed by atoms with Crippen molar-refractivity contribution in [3.63, 3.8) is 0 Å². The van der Waals surface area contributed by atoms with Gasteiger partial charge in [0, 0.05) is 6.42 Å². The Morgan fingerprint density at radius 1 is 1.00 bits per heavy atom. The molecule has 0 aliphatic carbocycles. The molecule has 8 nitrogen and oxygen atoms in total. The molecule has 146 valence electrons. The lowest BCUT2D eigenvalue weighted by Crippen LogP contribution is -2.13. The molecule has 2 N–H and O–H groups in total. The molecule has 1 aromatic heterocycles. The van der Waals surface area contributed by atoms with E-state index in [4.69, 9.17) is 14.2 Å². The third kappa shape index (κ3) is 4.40. The van der Waals surface area contributed by atoms with Crippen LogP contribution in [0.4, 0.5) is 5.95 Å². The van der Waals surface area contributed by atoms with E-state index in [1.807, 2.05) is 42.5 Å². The van der Waals surface area contributed by atoms with Crippen molar-refractivity contribution in [1.82, 2.24) is 15.2 Å². The summed E-state index contributed by atoms with van der Waals surface area (Å²) in [6.07, 6.45) is 0.837. The zero-order valence-electron chi connectivity index (χ0n) is 16.0. The first-order valence-electron chi connectivity index (χ1n) is 8.71. The molecule has 0 aliphatic rings. The second kappa shape index (κ2) is 8.90. The number of para-hydroxylation sites is 1. The number of aromatic amines is 1. The number of ether oxygens (including phenoxy) is 3. The molecule has 0 radical (unpaired) electrons. The number of hydrogen-bond donors (Lipinski definition) is 2. The second-order valence-electron chi connectivity index (χ2n) is 5.95. The number of rotatable bonds is 8. The van der Waals surface area contributed by atoms with Gasteiger partial charge in [-0.2, -0.15) is 4.98 Å². The Morgan fingerprint density at radius 2 is 1.75 bits per heavy atom. The Balaban J connectivity index is 1.61. The van der Waals surface area contributed by atoms with Crippen LogP contribution in [0.5, 0.6) is 17.2 Å². The highest BCUT2D eigenvalue weighted by Gasteiger charge is 2.13. The molecule has 28 heavy (non-hydrogen) atoms. The van der Waals surface area contributed by atoms with Crippen LogP contribution in [0.1, 0.15) is 12.0 Å². The molecule has 1 amide bonds. The molecule has 2 aromatic carbocycles. The largest absolute Gasteiger partial charge is 0.496 e.